The van der Waals surface area contributed by atoms with E-state index in [1.54, 1.807) is 4.90 Å². The van der Waals surface area contributed by atoms with Gasteiger partial charge in [0.15, 0.2) is 0 Å². The van der Waals surface area contributed by atoms with E-state index in [9.17, 15) is 5.11 Å². The molecule has 1 unspecified atom stereocenters. The fourth-order valence-electron chi connectivity index (χ4n) is 4.85. The average molecular weight is 285 g/mol. The number of H-pyrrole nitrogens is 1. The predicted octanol–water partition coefficient (Wildman–Crippen LogP) is 1.83. The molecule has 2 aliphatic heterocycles. The number of aromatic amines is 1. The molecule has 0 bridgehead atoms. The van der Waals surface area contributed by atoms with E-state index in [0.717, 1.165) is 19.3 Å². The summed E-state index contributed by atoms with van der Waals surface area (Å²) >= 11 is 0. The molecule has 0 amide bonds. The summed E-state index contributed by atoms with van der Waals surface area (Å²) in [5.41, 5.74) is 4.24. The number of para-hydroxylation sites is 1. The van der Waals surface area contributed by atoms with Gasteiger partial charge in [-0.1, -0.05) is 25.1 Å². The van der Waals surface area contributed by atoms with Gasteiger partial charge in [-0.2, -0.15) is 0 Å². The smallest absolute Gasteiger partial charge is 0.136 e. The molecule has 0 radical (unpaired) electrons. The quantitative estimate of drug-likeness (QED) is 0.774. The van der Waals surface area contributed by atoms with Gasteiger partial charge in [-0.3, -0.25) is 0 Å². The van der Waals surface area contributed by atoms with E-state index in [1.165, 1.54) is 41.7 Å². The number of hydrogen-bond donors (Lipinski definition) is 3. The third kappa shape index (κ3) is 1.80. The highest BCUT2D eigenvalue weighted by atomic mass is 16.3. The van der Waals surface area contributed by atoms with Gasteiger partial charge in [-0.15, -0.1) is 0 Å². The van der Waals surface area contributed by atoms with Gasteiger partial charge in [0.1, 0.15) is 6.04 Å². The zero-order valence-electron chi connectivity index (χ0n) is 12.8. The lowest BCUT2D eigenvalue weighted by Crippen LogP contribution is -3.15. The number of aromatic nitrogens is 1. The fourth-order valence-corrected chi connectivity index (χ4v) is 4.85. The van der Waals surface area contributed by atoms with Crippen LogP contribution in [-0.2, 0) is 6.42 Å². The number of quaternary nitrogens is 1. The summed E-state index contributed by atoms with van der Waals surface area (Å²) in [5.74, 6) is 0. The molecular formula is C18H25N2O+. The van der Waals surface area contributed by atoms with Crippen molar-refractivity contribution in [1.29, 1.82) is 0 Å². The van der Waals surface area contributed by atoms with Crippen molar-refractivity contribution in [2.45, 2.75) is 38.6 Å². The monoisotopic (exact) mass is 285 g/mol. The number of aliphatic hydroxyl groups excluding tert-OH is 1. The van der Waals surface area contributed by atoms with Gasteiger partial charge in [0, 0.05) is 17.3 Å². The molecule has 0 saturated carbocycles. The van der Waals surface area contributed by atoms with Crippen LogP contribution in [0.1, 0.15) is 43.5 Å². The Bertz CT molecular complexity index is 656. The van der Waals surface area contributed by atoms with E-state index in [0.29, 0.717) is 12.6 Å². The number of hydrogen-bond acceptors (Lipinski definition) is 1. The molecule has 1 aromatic carbocycles. The molecule has 21 heavy (non-hydrogen) atoms. The third-order valence-corrected chi connectivity index (χ3v) is 6.04. The summed E-state index contributed by atoms with van der Waals surface area (Å²) in [6, 6.07) is 9.11. The Morgan fingerprint density at radius 3 is 3.00 bits per heavy atom. The fraction of sp³-hybridized carbons (Fsp3) is 0.556. The van der Waals surface area contributed by atoms with Crippen LogP contribution in [0.25, 0.3) is 10.9 Å². The van der Waals surface area contributed by atoms with Gasteiger partial charge in [0.2, 0.25) is 0 Å². The van der Waals surface area contributed by atoms with Gasteiger partial charge in [-0.25, -0.2) is 0 Å². The van der Waals surface area contributed by atoms with Crippen LogP contribution >= 0.6 is 0 Å². The Hall–Kier alpha value is -1.32. The highest BCUT2D eigenvalue weighted by molar-refractivity contribution is 5.85. The van der Waals surface area contributed by atoms with Crippen LogP contribution in [0.2, 0.25) is 0 Å². The molecule has 1 aromatic heterocycles. The van der Waals surface area contributed by atoms with Gasteiger partial charge < -0.3 is 15.0 Å². The van der Waals surface area contributed by atoms with Crippen molar-refractivity contribution < 1.29 is 10.0 Å². The zero-order valence-corrected chi connectivity index (χ0v) is 12.8. The minimum atomic E-state index is 0.0592. The van der Waals surface area contributed by atoms with Gasteiger partial charge in [0.25, 0.3) is 0 Å². The predicted molar refractivity (Wildman–Crippen MR) is 84.5 cm³/mol. The second-order valence-electron chi connectivity index (χ2n) is 6.88. The molecule has 0 spiro atoms. The highest BCUT2D eigenvalue weighted by Crippen LogP contribution is 2.44. The molecule has 3 atom stereocenters. The average Bonchev–Trinajstić information content (AvgIpc) is 2.92. The Morgan fingerprint density at radius 1 is 1.33 bits per heavy atom. The summed E-state index contributed by atoms with van der Waals surface area (Å²) in [6.07, 6.45) is 4.63. The maximum absolute atomic E-state index is 10.2. The van der Waals surface area contributed by atoms with Gasteiger partial charge >= 0.3 is 0 Å². The van der Waals surface area contributed by atoms with Crippen molar-refractivity contribution in [1.82, 2.24) is 4.98 Å². The lowest BCUT2D eigenvalue weighted by molar-refractivity contribution is -0.949. The summed E-state index contributed by atoms with van der Waals surface area (Å²) in [5, 5.41) is 11.5. The molecule has 1 fully saturated rings. The molecule has 0 aliphatic carbocycles. The number of benzene rings is 1. The van der Waals surface area contributed by atoms with E-state index in [1.807, 2.05) is 0 Å². The topological polar surface area (TPSA) is 40.5 Å². The number of fused-ring (bicyclic) bond motifs is 5. The first-order chi connectivity index (χ1) is 10.3. The molecule has 4 rings (SSSR count). The first kappa shape index (κ1) is 13.4. The summed E-state index contributed by atoms with van der Waals surface area (Å²) < 4.78 is 0. The summed E-state index contributed by atoms with van der Waals surface area (Å²) in [6.45, 7) is 5.02. The van der Waals surface area contributed by atoms with Crippen LogP contribution < -0.4 is 4.90 Å². The van der Waals surface area contributed by atoms with Crippen molar-refractivity contribution in [3.8, 4) is 0 Å². The highest BCUT2D eigenvalue weighted by Gasteiger charge is 2.50. The first-order valence-corrected chi connectivity index (χ1v) is 8.34. The van der Waals surface area contributed by atoms with E-state index in [2.05, 4.69) is 36.2 Å². The largest absolute Gasteiger partial charge is 0.396 e. The second-order valence-corrected chi connectivity index (χ2v) is 6.88. The van der Waals surface area contributed by atoms with Crippen LogP contribution in [0.3, 0.4) is 0 Å². The van der Waals surface area contributed by atoms with E-state index < -0.39 is 0 Å². The van der Waals surface area contributed by atoms with E-state index in [-0.39, 0.29) is 5.41 Å². The molecule has 3 heteroatoms. The minimum absolute atomic E-state index is 0.0592. The maximum atomic E-state index is 10.2. The molecule has 1 saturated heterocycles. The Morgan fingerprint density at radius 2 is 2.19 bits per heavy atom. The van der Waals surface area contributed by atoms with Gasteiger partial charge in [-0.05, 0) is 30.9 Å². The maximum Gasteiger partial charge on any atom is 0.136 e. The van der Waals surface area contributed by atoms with Crippen molar-refractivity contribution in [2.24, 2.45) is 5.41 Å². The second kappa shape index (κ2) is 4.85. The third-order valence-electron chi connectivity index (χ3n) is 6.04. The van der Waals surface area contributed by atoms with Crippen LogP contribution in [0.15, 0.2) is 24.3 Å². The number of rotatable bonds is 2. The van der Waals surface area contributed by atoms with E-state index >= 15 is 0 Å². The number of piperidine rings is 1. The van der Waals surface area contributed by atoms with Crippen LogP contribution in [-0.4, -0.2) is 29.8 Å². The molecule has 3 N–H and O–H groups in total. The molecule has 2 aliphatic rings. The molecule has 3 heterocycles. The SMILES string of the molecule is CC[C@@]1(CO)CCC[NH+]2CCc3c([nH]c4ccccc34)[C@@H]21. The number of nitrogens with one attached hydrogen (secondary N) is 2. The summed E-state index contributed by atoms with van der Waals surface area (Å²) in [7, 11) is 0. The van der Waals surface area contributed by atoms with Crippen molar-refractivity contribution in [2.75, 3.05) is 19.7 Å². The Labute approximate surface area is 126 Å². The van der Waals surface area contributed by atoms with Crippen LogP contribution in [0.5, 0.6) is 0 Å². The van der Waals surface area contributed by atoms with Crippen molar-refractivity contribution in [3.05, 3.63) is 35.5 Å². The molecular weight excluding hydrogens is 260 g/mol. The van der Waals surface area contributed by atoms with Crippen LogP contribution in [0.4, 0.5) is 0 Å². The van der Waals surface area contributed by atoms with Crippen molar-refractivity contribution in [3.63, 3.8) is 0 Å². The van der Waals surface area contributed by atoms with Crippen LogP contribution in [0, 0.1) is 5.41 Å². The number of aliphatic hydroxyl groups is 1. The van der Waals surface area contributed by atoms with Gasteiger partial charge in [0.05, 0.1) is 30.8 Å². The minimum Gasteiger partial charge on any atom is -0.396 e. The normalized spacial score (nSPS) is 31.9. The Kier molecular flexibility index (Phi) is 3.09. The molecule has 3 nitrogen and oxygen atoms in total. The molecule has 2 aromatic rings. The lowest BCUT2D eigenvalue weighted by atomic mass is 9.68. The zero-order chi connectivity index (χ0) is 14.4. The lowest BCUT2D eigenvalue weighted by Gasteiger charge is -2.48. The standard InChI is InChI=1S/C18H24N2O/c1-2-18(12-21)9-5-10-20-11-8-14-13-6-3-4-7-15(13)19-16(14)17(18)20/h3-4,6-7,17,19,21H,2,5,8-12H2,1H3/p+1/t17-,18+/m1/s1. The molecule has 112 valence electrons. The summed E-state index contributed by atoms with van der Waals surface area (Å²) in [4.78, 5) is 5.38. The van der Waals surface area contributed by atoms with E-state index in [4.69, 9.17) is 0 Å². The first-order valence-electron chi connectivity index (χ1n) is 8.34. The van der Waals surface area contributed by atoms with Crippen molar-refractivity contribution >= 4 is 10.9 Å². The Balaban J connectivity index is 1.91.